The van der Waals surface area contributed by atoms with Crippen LogP contribution >= 0.6 is 0 Å². The average Bonchev–Trinajstić information content (AvgIpc) is 2.67. The van der Waals surface area contributed by atoms with Crippen molar-refractivity contribution in [2.75, 3.05) is 18.4 Å². The third-order valence-corrected chi connectivity index (χ3v) is 4.67. The third-order valence-electron chi connectivity index (χ3n) is 4.67. The van der Waals surface area contributed by atoms with Gasteiger partial charge in [0.2, 0.25) is 5.91 Å². The summed E-state index contributed by atoms with van der Waals surface area (Å²) in [6.07, 6.45) is 5.36. The Balaban J connectivity index is 1.62. The summed E-state index contributed by atoms with van der Waals surface area (Å²) in [7, 11) is 0. The molecule has 4 heteroatoms. The highest BCUT2D eigenvalue weighted by atomic mass is 16.2. The number of amides is 2. The Morgan fingerprint density at radius 2 is 1.77 bits per heavy atom. The van der Waals surface area contributed by atoms with Gasteiger partial charge in [-0.25, -0.2) is 0 Å². The van der Waals surface area contributed by atoms with Crippen LogP contribution in [0.4, 0.5) is 5.69 Å². The van der Waals surface area contributed by atoms with Gasteiger partial charge in [-0.2, -0.15) is 0 Å². The second-order valence-corrected chi connectivity index (χ2v) is 6.79. The monoisotopic (exact) mass is 348 g/mol. The van der Waals surface area contributed by atoms with Crippen LogP contribution in [0.3, 0.4) is 0 Å². The van der Waals surface area contributed by atoms with Crippen LogP contribution in [-0.4, -0.2) is 29.8 Å². The molecule has 0 saturated carbocycles. The quantitative estimate of drug-likeness (QED) is 0.842. The van der Waals surface area contributed by atoms with E-state index in [1.807, 2.05) is 35.2 Å². The van der Waals surface area contributed by atoms with E-state index in [9.17, 15) is 9.59 Å². The normalized spacial score (nSPS) is 15.2. The zero-order valence-electron chi connectivity index (χ0n) is 15.0. The molecule has 0 aromatic heterocycles. The molecule has 2 amide bonds. The number of hydrogen-bond donors (Lipinski definition) is 1. The van der Waals surface area contributed by atoms with Crippen LogP contribution in [0.1, 0.15) is 35.7 Å². The van der Waals surface area contributed by atoms with Crippen LogP contribution in [0.5, 0.6) is 0 Å². The first kappa shape index (κ1) is 17.9. The number of anilines is 1. The van der Waals surface area contributed by atoms with Gasteiger partial charge in [-0.05, 0) is 48.6 Å². The lowest BCUT2D eigenvalue weighted by atomic mass is 9.98. The van der Waals surface area contributed by atoms with Crippen LogP contribution < -0.4 is 5.32 Å². The molecule has 0 radical (unpaired) electrons. The highest BCUT2D eigenvalue weighted by Crippen LogP contribution is 2.19. The predicted molar refractivity (Wildman–Crippen MR) is 105 cm³/mol. The van der Waals surface area contributed by atoms with Crippen molar-refractivity contribution in [3.8, 4) is 0 Å². The van der Waals surface area contributed by atoms with Crippen molar-refractivity contribution in [3.63, 3.8) is 0 Å². The Morgan fingerprint density at radius 1 is 1.04 bits per heavy atom. The highest BCUT2D eigenvalue weighted by Gasteiger charge is 2.21. The van der Waals surface area contributed by atoms with Gasteiger partial charge < -0.3 is 10.2 Å². The third kappa shape index (κ3) is 4.82. The molecule has 0 unspecified atom stereocenters. The molecule has 2 aromatic carbocycles. The zero-order chi connectivity index (χ0) is 18.4. The van der Waals surface area contributed by atoms with Crippen LogP contribution in [0.2, 0.25) is 0 Å². The standard InChI is InChI=1S/C22H24N2O2/c1-17-12-14-24(15-13-17)22(26)19-8-5-9-20(16-19)23-21(25)11-10-18-6-3-2-4-7-18/h2-11,16-17H,12-15H2,1H3,(H,23,25)/b11-10+. The summed E-state index contributed by atoms with van der Waals surface area (Å²) < 4.78 is 0. The second kappa shape index (κ2) is 8.48. The molecule has 0 atom stereocenters. The van der Waals surface area contributed by atoms with Crippen molar-refractivity contribution in [2.24, 2.45) is 5.92 Å². The summed E-state index contributed by atoms with van der Waals surface area (Å²) >= 11 is 0. The zero-order valence-corrected chi connectivity index (χ0v) is 15.0. The molecular formula is C22H24N2O2. The van der Waals surface area contributed by atoms with Gasteiger partial charge >= 0.3 is 0 Å². The van der Waals surface area contributed by atoms with E-state index in [1.54, 1.807) is 30.3 Å². The number of likely N-dealkylation sites (tertiary alicyclic amines) is 1. The first-order valence-electron chi connectivity index (χ1n) is 9.05. The Morgan fingerprint density at radius 3 is 2.50 bits per heavy atom. The number of carbonyl (C=O) groups is 2. The van der Waals surface area contributed by atoms with E-state index < -0.39 is 0 Å². The molecular weight excluding hydrogens is 324 g/mol. The lowest BCUT2D eigenvalue weighted by Gasteiger charge is -2.30. The first-order valence-corrected chi connectivity index (χ1v) is 9.05. The molecule has 1 N–H and O–H groups in total. The molecule has 1 saturated heterocycles. The molecule has 0 bridgehead atoms. The predicted octanol–water partition coefficient (Wildman–Crippen LogP) is 4.21. The number of nitrogens with zero attached hydrogens (tertiary/aromatic N) is 1. The lowest BCUT2D eigenvalue weighted by molar-refractivity contribution is -0.111. The van der Waals surface area contributed by atoms with Crippen molar-refractivity contribution >= 4 is 23.6 Å². The van der Waals surface area contributed by atoms with Gasteiger partial charge in [-0.1, -0.05) is 43.3 Å². The van der Waals surface area contributed by atoms with E-state index in [0.717, 1.165) is 31.5 Å². The van der Waals surface area contributed by atoms with Crippen molar-refractivity contribution in [3.05, 3.63) is 71.8 Å². The number of nitrogens with one attached hydrogen (secondary N) is 1. The summed E-state index contributed by atoms with van der Waals surface area (Å²) in [4.78, 5) is 26.7. The molecule has 1 aliphatic rings. The molecule has 26 heavy (non-hydrogen) atoms. The van der Waals surface area contributed by atoms with Crippen molar-refractivity contribution in [1.82, 2.24) is 4.90 Å². The number of rotatable bonds is 4. The van der Waals surface area contributed by atoms with Crippen molar-refractivity contribution < 1.29 is 9.59 Å². The van der Waals surface area contributed by atoms with Gasteiger partial charge in [0, 0.05) is 30.4 Å². The maximum absolute atomic E-state index is 12.7. The van der Waals surface area contributed by atoms with Crippen molar-refractivity contribution in [1.29, 1.82) is 0 Å². The van der Waals surface area contributed by atoms with E-state index >= 15 is 0 Å². The Bertz CT molecular complexity index is 791. The first-order chi connectivity index (χ1) is 12.6. The van der Waals surface area contributed by atoms with Gasteiger partial charge in [-0.15, -0.1) is 0 Å². The smallest absolute Gasteiger partial charge is 0.253 e. The topological polar surface area (TPSA) is 49.4 Å². The maximum atomic E-state index is 12.7. The summed E-state index contributed by atoms with van der Waals surface area (Å²) in [5.41, 5.74) is 2.21. The largest absolute Gasteiger partial charge is 0.339 e. The molecule has 2 aromatic rings. The van der Waals surface area contributed by atoms with Gasteiger partial charge in [0.05, 0.1) is 0 Å². The molecule has 4 nitrogen and oxygen atoms in total. The summed E-state index contributed by atoms with van der Waals surface area (Å²) in [6, 6.07) is 16.8. The van der Waals surface area contributed by atoms with Crippen LogP contribution in [0.15, 0.2) is 60.7 Å². The van der Waals surface area contributed by atoms with Crippen LogP contribution in [0, 0.1) is 5.92 Å². The van der Waals surface area contributed by atoms with Gasteiger partial charge in [0.25, 0.3) is 5.91 Å². The minimum atomic E-state index is -0.217. The minimum Gasteiger partial charge on any atom is -0.339 e. The Labute approximate surface area is 154 Å². The van der Waals surface area contributed by atoms with Gasteiger partial charge in [0.15, 0.2) is 0 Å². The van der Waals surface area contributed by atoms with Crippen LogP contribution in [-0.2, 0) is 4.79 Å². The fraction of sp³-hybridized carbons (Fsp3) is 0.273. The molecule has 0 spiro atoms. The maximum Gasteiger partial charge on any atom is 0.253 e. The molecule has 1 aliphatic heterocycles. The number of benzene rings is 2. The van der Waals surface area contributed by atoms with Crippen LogP contribution in [0.25, 0.3) is 6.08 Å². The van der Waals surface area contributed by atoms with E-state index in [4.69, 9.17) is 0 Å². The van der Waals surface area contributed by atoms with Gasteiger partial charge in [0.1, 0.15) is 0 Å². The summed E-state index contributed by atoms with van der Waals surface area (Å²) in [5, 5.41) is 2.82. The van der Waals surface area contributed by atoms with E-state index in [1.165, 1.54) is 6.08 Å². The SMILES string of the molecule is CC1CCN(C(=O)c2cccc(NC(=O)/C=C/c3ccccc3)c2)CC1. The average molecular weight is 348 g/mol. The lowest BCUT2D eigenvalue weighted by Crippen LogP contribution is -2.37. The molecule has 3 rings (SSSR count). The number of piperidine rings is 1. The minimum absolute atomic E-state index is 0.0350. The number of hydrogen-bond acceptors (Lipinski definition) is 2. The summed E-state index contributed by atoms with van der Waals surface area (Å²) in [5.74, 6) is 0.499. The Kier molecular flexibility index (Phi) is 5.84. The van der Waals surface area contributed by atoms with E-state index in [-0.39, 0.29) is 11.8 Å². The fourth-order valence-corrected chi connectivity index (χ4v) is 3.04. The molecule has 134 valence electrons. The fourth-order valence-electron chi connectivity index (χ4n) is 3.04. The molecule has 1 fully saturated rings. The molecule has 1 heterocycles. The van der Waals surface area contributed by atoms with E-state index in [2.05, 4.69) is 12.2 Å². The molecule has 0 aliphatic carbocycles. The van der Waals surface area contributed by atoms with Crippen molar-refractivity contribution in [2.45, 2.75) is 19.8 Å². The highest BCUT2D eigenvalue weighted by molar-refractivity contribution is 6.03. The van der Waals surface area contributed by atoms with Gasteiger partial charge in [-0.3, -0.25) is 9.59 Å². The summed E-state index contributed by atoms with van der Waals surface area (Å²) in [6.45, 7) is 3.83. The Hall–Kier alpha value is -2.88. The van der Waals surface area contributed by atoms with E-state index in [0.29, 0.717) is 17.2 Å². The number of carbonyl (C=O) groups excluding carboxylic acids is 2. The second-order valence-electron chi connectivity index (χ2n) is 6.79.